The molecule has 2 aliphatic heterocycles. The van der Waals surface area contributed by atoms with Crippen LogP contribution < -0.4 is 4.74 Å². The molecule has 1 spiro atoms. The summed E-state index contributed by atoms with van der Waals surface area (Å²) in [5, 5.41) is 4.69. The number of benzene rings is 1. The van der Waals surface area contributed by atoms with E-state index in [1.807, 2.05) is 39.9 Å². The van der Waals surface area contributed by atoms with E-state index >= 15 is 0 Å². The number of carbonyl (C=O) groups is 1. The van der Waals surface area contributed by atoms with Gasteiger partial charge in [0.1, 0.15) is 5.75 Å². The summed E-state index contributed by atoms with van der Waals surface area (Å²) in [5.74, 6) is 0.762. The van der Waals surface area contributed by atoms with Crippen molar-refractivity contribution in [1.82, 2.24) is 14.7 Å². The highest BCUT2D eigenvalue weighted by molar-refractivity contribution is 5.92. The number of nitrogens with zero attached hydrogens (tertiary/aromatic N) is 3. The summed E-state index contributed by atoms with van der Waals surface area (Å²) in [6.07, 6.45) is 3.71. The zero-order valence-corrected chi connectivity index (χ0v) is 16.1. The third-order valence-corrected chi connectivity index (χ3v) is 5.88. The maximum absolute atomic E-state index is 13.1. The van der Waals surface area contributed by atoms with Gasteiger partial charge in [-0.2, -0.15) is 5.10 Å². The minimum absolute atomic E-state index is 0.0172. The Morgan fingerprint density at radius 1 is 1.18 bits per heavy atom. The Kier molecular flexibility index (Phi) is 4.36. The van der Waals surface area contributed by atoms with Crippen LogP contribution in [0.3, 0.4) is 0 Å². The average Bonchev–Trinajstić information content (AvgIpc) is 3.33. The number of ether oxygens (including phenoxy) is 3. The number of carbonyl (C=O) groups excluding carboxylic acids is 1. The molecule has 7 heteroatoms. The Hall–Kier alpha value is -2.38. The first-order valence-corrected chi connectivity index (χ1v) is 9.99. The van der Waals surface area contributed by atoms with Gasteiger partial charge >= 0.3 is 0 Å². The zero-order valence-electron chi connectivity index (χ0n) is 16.1. The molecule has 2 saturated heterocycles. The van der Waals surface area contributed by atoms with Crippen molar-refractivity contribution in [1.29, 1.82) is 0 Å². The lowest BCUT2D eigenvalue weighted by molar-refractivity contribution is -0.181. The number of amides is 1. The molecule has 1 aromatic heterocycles. The molecular weight excluding hydrogens is 358 g/mol. The van der Waals surface area contributed by atoms with E-state index in [0.29, 0.717) is 50.8 Å². The van der Waals surface area contributed by atoms with Crippen LogP contribution in [-0.4, -0.2) is 59.8 Å². The van der Waals surface area contributed by atoms with Crippen LogP contribution >= 0.6 is 0 Å². The van der Waals surface area contributed by atoms with Gasteiger partial charge in [0.2, 0.25) is 0 Å². The molecule has 0 N–H and O–H groups in total. The number of aromatic nitrogens is 2. The van der Waals surface area contributed by atoms with Crippen LogP contribution in [0.2, 0.25) is 0 Å². The van der Waals surface area contributed by atoms with Gasteiger partial charge in [-0.3, -0.25) is 4.79 Å². The Balaban J connectivity index is 1.39. The SMILES string of the molecule is COc1cccc(-n2nc(C(=O)N3CCC4(CC3)OCCO4)cc2C2CC2)c1. The van der Waals surface area contributed by atoms with E-state index in [0.717, 1.165) is 30.0 Å². The molecule has 1 aliphatic carbocycles. The Bertz CT molecular complexity index is 874. The van der Waals surface area contributed by atoms with E-state index in [4.69, 9.17) is 14.2 Å². The fourth-order valence-corrected chi connectivity index (χ4v) is 4.12. The van der Waals surface area contributed by atoms with Crippen LogP contribution in [0.1, 0.15) is 47.8 Å². The Morgan fingerprint density at radius 3 is 2.61 bits per heavy atom. The van der Waals surface area contributed by atoms with Gasteiger partial charge in [0.25, 0.3) is 5.91 Å². The van der Waals surface area contributed by atoms with Crippen LogP contribution in [0.25, 0.3) is 5.69 Å². The summed E-state index contributed by atoms with van der Waals surface area (Å²) in [7, 11) is 1.65. The van der Waals surface area contributed by atoms with Gasteiger partial charge in [-0.15, -0.1) is 0 Å². The third kappa shape index (κ3) is 3.18. The lowest BCUT2D eigenvalue weighted by atomic mass is 10.0. The van der Waals surface area contributed by atoms with Crippen molar-refractivity contribution in [2.45, 2.75) is 37.4 Å². The fourth-order valence-electron chi connectivity index (χ4n) is 4.12. The van der Waals surface area contributed by atoms with E-state index in [1.54, 1.807) is 7.11 Å². The van der Waals surface area contributed by atoms with Crippen LogP contribution in [0.15, 0.2) is 30.3 Å². The highest BCUT2D eigenvalue weighted by atomic mass is 16.7. The molecule has 3 fully saturated rings. The molecule has 0 unspecified atom stereocenters. The summed E-state index contributed by atoms with van der Waals surface area (Å²) in [6.45, 7) is 2.54. The molecule has 0 radical (unpaired) electrons. The number of methoxy groups -OCH3 is 1. The first-order valence-electron chi connectivity index (χ1n) is 9.99. The van der Waals surface area contributed by atoms with E-state index < -0.39 is 5.79 Å². The van der Waals surface area contributed by atoms with Crippen molar-refractivity contribution < 1.29 is 19.0 Å². The second-order valence-corrected chi connectivity index (χ2v) is 7.74. The van der Waals surface area contributed by atoms with Gasteiger partial charge in [-0.05, 0) is 31.0 Å². The highest BCUT2D eigenvalue weighted by Crippen LogP contribution is 2.41. The first kappa shape index (κ1) is 17.7. The van der Waals surface area contributed by atoms with Crippen molar-refractivity contribution in [3.05, 3.63) is 41.7 Å². The van der Waals surface area contributed by atoms with Gasteiger partial charge in [0.05, 0.1) is 26.0 Å². The normalized spacial score (nSPS) is 21.2. The standard InChI is InChI=1S/C21H25N3O4/c1-26-17-4-2-3-16(13-17)24-19(15-5-6-15)14-18(22-24)20(25)23-9-7-21(8-10-23)27-11-12-28-21/h2-4,13-15H,5-12H2,1H3. The maximum Gasteiger partial charge on any atom is 0.274 e. The van der Waals surface area contributed by atoms with E-state index in [2.05, 4.69) is 5.10 Å². The predicted octanol–water partition coefficient (Wildman–Crippen LogP) is 2.74. The third-order valence-electron chi connectivity index (χ3n) is 5.88. The molecule has 3 heterocycles. The number of rotatable bonds is 4. The molecule has 3 aliphatic rings. The second-order valence-electron chi connectivity index (χ2n) is 7.74. The monoisotopic (exact) mass is 383 g/mol. The largest absolute Gasteiger partial charge is 0.497 e. The fraction of sp³-hybridized carbons (Fsp3) is 0.524. The number of hydrogen-bond acceptors (Lipinski definition) is 5. The van der Waals surface area contributed by atoms with E-state index in [1.165, 1.54) is 0 Å². The Morgan fingerprint density at radius 2 is 1.93 bits per heavy atom. The lowest BCUT2D eigenvalue weighted by Gasteiger charge is -2.37. The molecule has 0 bridgehead atoms. The summed E-state index contributed by atoms with van der Waals surface area (Å²) >= 11 is 0. The molecule has 148 valence electrons. The minimum atomic E-state index is -0.476. The zero-order chi connectivity index (χ0) is 19.1. The second kappa shape index (κ2) is 6.90. The van der Waals surface area contributed by atoms with Gasteiger partial charge in [0.15, 0.2) is 11.5 Å². The molecule has 1 saturated carbocycles. The smallest absolute Gasteiger partial charge is 0.274 e. The summed E-state index contributed by atoms with van der Waals surface area (Å²) in [4.78, 5) is 15.0. The molecular formula is C21H25N3O4. The lowest BCUT2D eigenvalue weighted by Crippen LogP contribution is -2.47. The van der Waals surface area contributed by atoms with Crippen LogP contribution in [-0.2, 0) is 9.47 Å². The van der Waals surface area contributed by atoms with Crippen LogP contribution in [0, 0.1) is 0 Å². The summed E-state index contributed by atoms with van der Waals surface area (Å²) in [5.41, 5.74) is 2.53. The summed E-state index contributed by atoms with van der Waals surface area (Å²) < 4.78 is 18.8. The molecule has 1 aromatic carbocycles. The van der Waals surface area contributed by atoms with Crippen molar-refractivity contribution in [3.63, 3.8) is 0 Å². The number of likely N-dealkylation sites (tertiary alicyclic amines) is 1. The van der Waals surface area contributed by atoms with Crippen molar-refractivity contribution in [2.24, 2.45) is 0 Å². The van der Waals surface area contributed by atoms with Gasteiger partial charge in [-0.25, -0.2) is 4.68 Å². The number of piperidine rings is 1. The van der Waals surface area contributed by atoms with Crippen molar-refractivity contribution >= 4 is 5.91 Å². The first-order chi connectivity index (χ1) is 13.7. The highest BCUT2D eigenvalue weighted by Gasteiger charge is 2.41. The molecule has 7 nitrogen and oxygen atoms in total. The Labute approximate surface area is 164 Å². The minimum Gasteiger partial charge on any atom is -0.497 e. The van der Waals surface area contributed by atoms with E-state index in [-0.39, 0.29) is 5.91 Å². The summed E-state index contributed by atoms with van der Waals surface area (Å²) in [6, 6.07) is 9.76. The molecule has 1 amide bonds. The van der Waals surface area contributed by atoms with Gasteiger partial charge < -0.3 is 19.1 Å². The van der Waals surface area contributed by atoms with Gasteiger partial charge in [0, 0.05) is 43.6 Å². The number of hydrogen-bond donors (Lipinski definition) is 0. The molecule has 0 atom stereocenters. The van der Waals surface area contributed by atoms with E-state index in [9.17, 15) is 4.79 Å². The molecule has 2 aromatic rings. The predicted molar refractivity (Wildman–Crippen MR) is 102 cm³/mol. The topological polar surface area (TPSA) is 65.8 Å². The average molecular weight is 383 g/mol. The van der Waals surface area contributed by atoms with Crippen molar-refractivity contribution in [2.75, 3.05) is 33.4 Å². The quantitative estimate of drug-likeness (QED) is 0.812. The van der Waals surface area contributed by atoms with Gasteiger partial charge in [-0.1, -0.05) is 6.07 Å². The van der Waals surface area contributed by atoms with Crippen LogP contribution in [0.5, 0.6) is 5.75 Å². The molecule has 28 heavy (non-hydrogen) atoms. The van der Waals surface area contributed by atoms with Crippen LogP contribution in [0.4, 0.5) is 0 Å². The molecule has 5 rings (SSSR count). The van der Waals surface area contributed by atoms with Crippen molar-refractivity contribution in [3.8, 4) is 11.4 Å². The maximum atomic E-state index is 13.1.